The Morgan fingerprint density at radius 2 is 1.89 bits per heavy atom. The van der Waals surface area contributed by atoms with Gasteiger partial charge in [0.15, 0.2) is 0 Å². The van der Waals surface area contributed by atoms with Crippen molar-refractivity contribution >= 4 is 11.5 Å². The molecule has 2 nitrogen and oxygen atoms in total. The second-order valence-electron chi connectivity index (χ2n) is 4.55. The fraction of sp³-hybridized carbons (Fsp3) is 0.214. The number of rotatable bonds is 1. The average Bonchev–Trinajstić information content (AvgIpc) is 2.34. The molecule has 2 heterocycles. The minimum Gasteiger partial charge on any atom is -0.340 e. The highest BCUT2D eigenvalue weighted by Gasteiger charge is 2.28. The molecule has 18 heavy (non-hydrogen) atoms. The van der Waals surface area contributed by atoms with Crippen molar-refractivity contribution in [2.75, 3.05) is 5.32 Å². The summed E-state index contributed by atoms with van der Waals surface area (Å²) in [4.78, 5) is 4.02. The topological polar surface area (TPSA) is 24.9 Å². The van der Waals surface area contributed by atoms with E-state index < -0.39 is 5.92 Å². The van der Waals surface area contributed by atoms with E-state index in [1.807, 2.05) is 24.3 Å². The quantitative estimate of drug-likeness (QED) is 0.705. The molecule has 3 rings (SSSR count). The highest BCUT2D eigenvalue weighted by Crippen LogP contribution is 2.34. The zero-order chi connectivity index (χ0) is 12.8. The van der Waals surface area contributed by atoms with Crippen LogP contribution in [-0.2, 0) is 12.3 Å². The Bertz CT molecular complexity index is 603. The highest BCUT2D eigenvalue weighted by molar-refractivity contribution is 5.68. The largest absolute Gasteiger partial charge is 0.340 e. The van der Waals surface area contributed by atoms with Gasteiger partial charge in [0.05, 0.1) is 0 Å². The monoisotopic (exact) mass is 246 g/mol. The molecule has 0 unspecified atom stereocenters. The number of nitrogens with zero attached hydrogens (tertiary/aromatic N) is 1. The van der Waals surface area contributed by atoms with Gasteiger partial charge in [0.2, 0.25) is 0 Å². The Labute approximate surface area is 104 Å². The fourth-order valence-corrected chi connectivity index (χ4v) is 2.11. The van der Waals surface area contributed by atoms with Crippen LogP contribution in [0.4, 0.5) is 20.3 Å². The number of anilines is 2. The van der Waals surface area contributed by atoms with Crippen molar-refractivity contribution < 1.29 is 8.78 Å². The van der Waals surface area contributed by atoms with Crippen molar-refractivity contribution in [1.29, 1.82) is 0 Å². The Balaban J connectivity index is 2.04. The number of hydrogen-bond acceptors (Lipinski definition) is 2. The molecule has 4 heteroatoms. The van der Waals surface area contributed by atoms with Gasteiger partial charge in [-0.25, -0.2) is 4.98 Å². The summed E-state index contributed by atoms with van der Waals surface area (Å²) in [7, 11) is 0. The molecule has 1 N–H and O–H groups in total. The predicted molar refractivity (Wildman–Crippen MR) is 66.3 cm³/mol. The molecule has 0 aliphatic carbocycles. The van der Waals surface area contributed by atoms with Crippen LogP contribution in [0.5, 0.6) is 0 Å². The number of halogens is 2. The van der Waals surface area contributed by atoms with Crippen molar-refractivity contribution in [3.05, 3.63) is 53.2 Å². The number of aromatic nitrogens is 1. The van der Waals surface area contributed by atoms with Crippen LogP contribution in [0.3, 0.4) is 0 Å². The molecule has 0 saturated heterocycles. The number of para-hydroxylation sites is 1. The summed E-state index contributed by atoms with van der Waals surface area (Å²) in [5, 5.41) is 3.11. The van der Waals surface area contributed by atoms with Crippen LogP contribution in [0.25, 0.3) is 0 Å². The fourth-order valence-electron chi connectivity index (χ4n) is 2.11. The maximum Gasteiger partial charge on any atom is 0.287 e. The van der Waals surface area contributed by atoms with Gasteiger partial charge >= 0.3 is 0 Å². The van der Waals surface area contributed by atoms with Gasteiger partial charge < -0.3 is 5.32 Å². The summed E-state index contributed by atoms with van der Waals surface area (Å²) >= 11 is 0. The Morgan fingerprint density at radius 3 is 2.67 bits per heavy atom. The summed E-state index contributed by atoms with van der Waals surface area (Å²) in [6.45, 7) is 0.860. The Hall–Kier alpha value is -1.97. The molecule has 0 bridgehead atoms. The summed E-state index contributed by atoms with van der Waals surface area (Å²) < 4.78 is 26.5. The van der Waals surface area contributed by atoms with E-state index in [2.05, 4.69) is 10.3 Å². The third-order valence-corrected chi connectivity index (χ3v) is 3.08. The zero-order valence-corrected chi connectivity index (χ0v) is 9.87. The SMILES string of the molecule is CC(F)(F)c1ccc2c(n1)Nc1ccccc1C2. The number of nitrogens with one attached hydrogen (secondary N) is 1. The summed E-state index contributed by atoms with van der Waals surface area (Å²) in [5.74, 6) is -2.37. The highest BCUT2D eigenvalue weighted by atomic mass is 19.3. The van der Waals surface area contributed by atoms with Gasteiger partial charge in [-0.2, -0.15) is 8.78 Å². The maximum absolute atomic E-state index is 13.2. The molecular weight excluding hydrogens is 234 g/mol. The van der Waals surface area contributed by atoms with E-state index in [1.54, 1.807) is 6.07 Å². The van der Waals surface area contributed by atoms with E-state index >= 15 is 0 Å². The standard InChI is InChI=1S/C14H12F2N2/c1-14(15,16)12-7-6-10-8-9-4-2-3-5-11(9)17-13(10)18-12/h2-7H,8H2,1H3,(H,17,18). The van der Waals surface area contributed by atoms with Crippen LogP contribution in [0.15, 0.2) is 36.4 Å². The van der Waals surface area contributed by atoms with Gasteiger partial charge in [-0.1, -0.05) is 24.3 Å². The molecule has 0 fully saturated rings. The van der Waals surface area contributed by atoms with Crippen molar-refractivity contribution in [2.24, 2.45) is 0 Å². The molecule has 1 aromatic heterocycles. The van der Waals surface area contributed by atoms with Crippen molar-refractivity contribution in [1.82, 2.24) is 4.98 Å². The van der Waals surface area contributed by atoms with Gasteiger partial charge in [-0.3, -0.25) is 0 Å². The molecule has 0 atom stereocenters. The number of fused-ring (bicyclic) bond motifs is 2. The number of benzene rings is 1. The minimum absolute atomic E-state index is 0.201. The first-order chi connectivity index (χ1) is 8.54. The second-order valence-corrected chi connectivity index (χ2v) is 4.55. The zero-order valence-electron chi connectivity index (χ0n) is 9.87. The van der Waals surface area contributed by atoms with E-state index in [9.17, 15) is 8.78 Å². The number of hydrogen-bond donors (Lipinski definition) is 1. The predicted octanol–water partition coefficient (Wildman–Crippen LogP) is 3.84. The molecule has 1 aliphatic rings. The summed E-state index contributed by atoms with van der Waals surface area (Å²) in [6.07, 6.45) is 0.723. The van der Waals surface area contributed by atoms with Crippen LogP contribution in [-0.4, -0.2) is 4.98 Å². The molecule has 1 aromatic carbocycles. The van der Waals surface area contributed by atoms with Crippen LogP contribution in [0.1, 0.15) is 23.7 Å². The lowest BCUT2D eigenvalue weighted by atomic mass is 9.99. The van der Waals surface area contributed by atoms with Gasteiger partial charge in [0.25, 0.3) is 5.92 Å². The normalized spacial score (nSPS) is 13.5. The van der Waals surface area contributed by atoms with Crippen molar-refractivity contribution in [3.8, 4) is 0 Å². The number of pyridine rings is 1. The molecular formula is C14H12F2N2. The third kappa shape index (κ3) is 1.83. The van der Waals surface area contributed by atoms with Crippen molar-refractivity contribution in [2.45, 2.75) is 19.3 Å². The van der Waals surface area contributed by atoms with E-state index in [0.29, 0.717) is 5.82 Å². The van der Waals surface area contributed by atoms with Crippen LogP contribution in [0.2, 0.25) is 0 Å². The molecule has 0 radical (unpaired) electrons. The molecule has 92 valence electrons. The lowest BCUT2D eigenvalue weighted by molar-refractivity contribution is 0.0129. The van der Waals surface area contributed by atoms with E-state index in [1.165, 1.54) is 6.07 Å². The summed E-state index contributed by atoms with van der Waals surface area (Å²) in [6, 6.07) is 10.9. The number of alkyl halides is 2. The molecule has 2 aromatic rings. The summed E-state index contributed by atoms with van der Waals surface area (Å²) in [5.41, 5.74) is 2.84. The molecule has 0 saturated carbocycles. The van der Waals surface area contributed by atoms with Crippen LogP contribution in [0, 0.1) is 0 Å². The van der Waals surface area contributed by atoms with E-state index in [-0.39, 0.29) is 5.69 Å². The van der Waals surface area contributed by atoms with Crippen molar-refractivity contribution in [3.63, 3.8) is 0 Å². The van der Waals surface area contributed by atoms with Crippen LogP contribution >= 0.6 is 0 Å². The second kappa shape index (κ2) is 3.77. The van der Waals surface area contributed by atoms with Gasteiger partial charge in [0, 0.05) is 19.0 Å². The average molecular weight is 246 g/mol. The maximum atomic E-state index is 13.2. The Kier molecular flexibility index (Phi) is 2.33. The van der Waals surface area contributed by atoms with E-state index in [4.69, 9.17) is 0 Å². The lowest BCUT2D eigenvalue weighted by Gasteiger charge is -2.21. The van der Waals surface area contributed by atoms with Gasteiger partial charge in [0.1, 0.15) is 11.5 Å². The molecule has 1 aliphatic heterocycles. The minimum atomic E-state index is -2.91. The first-order valence-electron chi connectivity index (χ1n) is 5.77. The van der Waals surface area contributed by atoms with Crippen LogP contribution < -0.4 is 5.32 Å². The molecule has 0 amide bonds. The molecule has 0 spiro atoms. The van der Waals surface area contributed by atoms with Gasteiger partial charge in [-0.05, 0) is 23.3 Å². The lowest BCUT2D eigenvalue weighted by Crippen LogP contribution is -2.14. The Morgan fingerprint density at radius 1 is 1.11 bits per heavy atom. The smallest absolute Gasteiger partial charge is 0.287 e. The third-order valence-electron chi connectivity index (χ3n) is 3.08. The van der Waals surface area contributed by atoms with Gasteiger partial charge in [-0.15, -0.1) is 0 Å². The first kappa shape index (κ1) is 11.1. The van der Waals surface area contributed by atoms with E-state index in [0.717, 1.165) is 30.2 Å². The first-order valence-corrected chi connectivity index (χ1v) is 5.77.